The average molecular weight is 306 g/mol. The molecular weight excluding hydrogens is 280 g/mol. The van der Waals surface area contributed by atoms with E-state index >= 15 is 0 Å². The first kappa shape index (κ1) is 15.5. The summed E-state index contributed by atoms with van der Waals surface area (Å²) in [6.45, 7) is 11.6. The third-order valence-electron chi connectivity index (χ3n) is 4.97. The van der Waals surface area contributed by atoms with Crippen LogP contribution in [0.5, 0.6) is 0 Å². The zero-order valence-electron chi connectivity index (χ0n) is 14.0. The van der Waals surface area contributed by atoms with E-state index in [9.17, 15) is 9.59 Å². The van der Waals surface area contributed by atoms with Gasteiger partial charge in [-0.25, -0.2) is 4.68 Å². The number of rotatable bonds is 3. The lowest BCUT2D eigenvalue weighted by Crippen LogP contribution is -2.44. The van der Waals surface area contributed by atoms with Crippen LogP contribution in [0, 0.1) is 11.8 Å². The quantitative estimate of drug-likeness (QED) is 0.778. The predicted molar refractivity (Wildman–Crippen MR) is 85.2 cm³/mol. The number of likely N-dealkylation sites (tertiary alicyclic amines) is 1. The van der Waals surface area contributed by atoms with E-state index in [-0.39, 0.29) is 5.92 Å². The maximum atomic E-state index is 12.4. The highest BCUT2D eigenvalue weighted by atomic mass is 16.2. The van der Waals surface area contributed by atoms with Crippen LogP contribution in [0.3, 0.4) is 0 Å². The lowest BCUT2D eigenvalue weighted by molar-refractivity contribution is 0.133. The minimum Gasteiger partial charge on any atom is -0.300 e. The van der Waals surface area contributed by atoms with Crippen molar-refractivity contribution in [2.24, 2.45) is 11.8 Å². The smallest absolute Gasteiger partial charge is 0.300 e. The Bertz CT molecular complexity index is 674. The van der Waals surface area contributed by atoms with Crippen LogP contribution < -0.4 is 11.1 Å². The van der Waals surface area contributed by atoms with E-state index < -0.39 is 11.1 Å². The third-order valence-corrected chi connectivity index (χ3v) is 4.97. The van der Waals surface area contributed by atoms with E-state index in [4.69, 9.17) is 0 Å². The second-order valence-corrected chi connectivity index (χ2v) is 7.40. The fourth-order valence-electron chi connectivity index (χ4n) is 3.71. The summed E-state index contributed by atoms with van der Waals surface area (Å²) in [4.78, 5) is 27.0. The summed E-state index contributed by atoms with van der Waals surface area (Å²) in [5.41, 5.74) is -0.868. The molecule has 1 aromatic heterocycles. The van der Waals surface area contributed by atoms with Gasteiger partial charge in [-0.2, -0.15) is 5.10 Å². The third kappa shape index (κ3) is 2.53. The van der Waals surface area contributed by atoms with Crippen LogP contribution in [0.2, 0.25) is 0 Å². The normalized spacial score (nSPS) is 24.8. The summed E-state index contributed by atoms with van der Waals surface area (Å²) in [6.07, 6.45) is 1.07. The number of hydrogen-bond donors (Lipinski definition) is 0. The van der Waals surface area contributed by atoms with Crippen LogP contribution in [-0.4, -0.2) is 38.4 Å². The molecule has 0 aromatic carbocycles. The van der Waals surface area contributed by atoms with Crippen molar-refractivity contribution in [2.75, 3.05) is 13.1 Å². The van der Waals surface area contributed by atoms with Crippen LogP contribution in [0.25, 0.3) is 0 Å². The number of fused-ring (bicyclic) bond motifs is 3. The largest absolute Gasteiger partial charge is 0.332 e. The molecule has 2 aliphatic heterocycles. The van der Waals surface area contributed by atoms with Crippen molar-refractivity contribution in [2.45, 2.75) is 59.2 Å². The Morgan fingerprint density at radius 1 is 1.14 bits per heavy atom. The molecule has 22 heavy (non-hydrogen) atoms. The maximum Gasteiger partial charge on any atom is 0.332 e. The van der Waals surface area contributed by atoms with Gasteiger partial charge in [0.25, 0.3) is 0 Å². The van der Waals surface area contributed by atoms with E-state index in [1.54, 1.807) is 4.57 Å². The fourth-order valence-corrected chi connectivity index (χ4v) is 3.71. The van der Waals surface area contributed by atoms with Gasteiger partial charge in [0.2, 0.25) is 0 Å². The Balaban J connectivity index is 2.00. The van der Waals surface area contributed by atoms with Crippen molar-refractivity contribution in [1.29, 1.82) is 0 Å². The Morgan fingerprint density at radius 3 is 2.50 bits per heavy atom. The van der Waals surface area contributed by atoms with E-state index in [2.05, 4.69) is 23.8 Å². The molecule has 122 valence electrons. The lowest BCUT2D eigenvalue weighted by atomic mass is 9.87. The van der Waals surface area contributed by atoms with Gasteiger partial charge in [0.1, 0.15) is 5.82 Å². The molecule has 1 fully saturated rings. The minimum atomic E-state index is -0.475. The molecular formula is C16H26N4O2. The molecule has 0 unspecified atom stereocenters. The molecule has 0 N–H and O–H groups in total. The second kappa shape index (κ2) is 5.65. The summed E-state index contributed by atoms with van der Waals surface area (Å²) in [6, 6.07) is 0.503. The molecule has 6 nitrogen and oxygen atoms in total. The van der Waals surface area contributed by atoms with Gasteiger partial charge >= 0.3 is 11.1 Å². The standard InChI is InChI=1S/C16H26N4O2/c1-10(2)7-20-16(22)15(21)19-8-12-5-6-18(11(3)4)9-13(12)14(19)17-20/h10-13H,5-9H2,1-4H3/t12-,13+/m0/s1. The van der Waals surface area contributed by atoms with E-state index in [0.717, 1.165) is 25.3 Å². The molecule has 3 rings (SSSR count). The molecule has 3 heterocycles. The Kier molecular flexibility index (Phi) is 3.97. The topological polar surface area (TPSA) is 60.1 Å². The van der Waals surface area contributed by atoms with Crippen molar-refractivity contribution in [3.05, 3.63) is 26.5 Å². The highest BCUT2D eigenvalue weighted by molar-refractivity contribution is 5.10. The highest BCUT2D eigenvalue weighted by Crippen LogP contribution is 2.37. The van der Waals surface area contributed by atoms with Gasteiger partial charge in [0.05, 0.1) is 0 Å². The van der Waals surface area contributed by atoms with Gasteiger partial charge in [-0.05, 0) is 38.6 Å². The molecule has 0 radical (unpaired) electrons. The van der Waals surface area contributed by atoms with E-state index in [1.807, 2.05) is 13.8 Å². The summed E-state index contributed by atoms with van der Waals surface area (Å²) in [5.74, 6) is 1.84. The van der Waals surface area contributed by atoms with Crippen molar-refractivity contribution < 1.29 is 0 Å². The molecule has 0 bridgehead atoms. The molecule has 2 atom stereocenters. The molecule has 0 spiro atoms. The number of piperidine rings is 1. The van der Waals surface area contributed by atoms with Crippen molar-refractivity contribution in [1.82, 2.24) is 19.2 Å². The maximum absolute atomic E-state index is 12.4. The van der Waals surface area contributed by atoms with E-state index in [1.165, 1.54) is 4.68 Å². The summed E-state index contributed by atoms with van der Waals surface area (Å²) in [7, 11) is 0. The van der Waals surface area contributed by atoms with Gasteiger partial charge in [-0.15, -0.1) is 0 Å². The summed E-state index contributed by atoms with van der Waals surface area (Å²) < 4.78 is 3.02. The molecule has 1 saturated heterocycles. The highest BCUT2D eigenvalue weighted by Gasteiger charge is 2.40. The zero-order chi connectivity index (χ0) is 16.0. The SMILES string of the molecule is CC(C)Cn1nc2n(c(=O)c1=O)C[C@@H]1CCN(C(C)C)C[C@@H]21. The van der Waals surface area contributed by atoms with Gasteiger partial charge in [0, 0.05) is 31.6 Å². The molecule has 1 aromatic rings. The number of nitrogens with zero attached hydrogens (tertiary/aromatic N) is 4. The number of aromatic nitrogens is 3. The van der Waals surface area contributed by atoms with Crippen LogP contribution in [0.4, 0.5) is 0 Å². The van der Waals surface area contributed by atoms with Crippen molar-refractivity contribution in [3.63, 3.8) is 0 Å². The average Bonchev–Trinajstić information content (AvgIpc) is 2.82. The van der Waals surface area contributed by atoms with E-state index in [0.29, 0.717) is 31.0 Å². The Morgan fingerprint density at radius 2 is 1.86 bits per heavy atom. The molecule has 6 heteroatoms. The van der Waals surface area contributed by atoms with Gasteiger partial charge in [0.15, 0.2) is 0 Å². The predicted octanol–water partition coefficient (Wildman–Crippen LogP) is 0.889. The molecule has 2 aliphatic rings. The molecule has 0 aliphatic carbocycles. The Hall–Kier alpha value is -1.43. The first-order valence-electron chi connectivity index (χ1n) is 8.34. The lowest BCUT2D eigenvalue weighted by Gasteiger charge is -2.36. The summed E-state index contributed by atoms with van der Waals surface area (Å²) in [5, 5.41) is 4.57. The minimum absolute atomic E-state index is 0.280. The summed E-state index contributed by atoms with van der Waals surface area (Å²) >= 11 is 0. The molecule has 0 amide bonds. The Labute approximate surface area is 130 Å². The van der Waals surface area contributed by atoms with Gasteiger partial charge in [-0.1, -0.05) is 13.8 Å². The van der Waals surface area contributed by atoms with Crippen LogP contribution in [0.15, 0.2) is 9.59 Å². The van der Waals surface area contributed by atoms with Gasteiger partial charge in [-0.3, -0.25) is 14.2 Å². The van der Waals surface area contributed by atoms with Crippen LogP contribution in [0.1, 0.15) is 45.9 Å². The van der Waals surface area contributed by atoms with Crippen molar-refractivity contribution >= 4 is 0 Å². The first-order valence-corrected chi connectivity index (χ1v) is 8.34. The molecule has 0 saturated carbocycles. The van der Waals surface area contributed by atoms with Crippen LogP contribution >= 0.6 is 0 Å². The van der Waals surface area contributed by atoms with Crippen LogP contribution in [-0.2, 0) is 13.1 Å². The zero-order valence-corrected chi connectivity index (χ0v) is 14.0. The fraction of sp³-hybridized carbons (Fsp3) is 0.812. The first-order chi connectivity index (χ1) is 10.4. The monoisotopic (exact) mass is 306 g/mol. The second-order valence-electron chi connectivity index (χ2n) is 7.40. The van der Waals surface area contributed by atoms with Gasteiger partial charge < -0.3 is 4.90 Å². The van der Waals surface area contributed by atoms with Crippen molar-refractivity contribution in [3.8, 4) is 0 Å². The number of hydrogen-bond acceptors (Lipinski definition) is 4.